The molecule has 6 heteroatoms. The van der Waals surface area contributed by atoms with Crippen molar-refractivity contribution in [1.29, 1.82) is 0 Å². The van der Waals surface area contributed by atoms with Gasteiger partial charge in [-0.05, 0) is 31.4 Å². The fraction of sp³-hybridized carbons (Fsp3) is 0.333. The minimum absolute atomic E-state index is 0.0373. The summed E-state index contributed by atoms with van der Waals surface area (Å²) in [6.07, 6.45) is 4.38. The van der Waals surface area contributed by atoms with Crippen molar-refractivity contribution in [3.8, 4) is 28.3 Å². The summed E-state index contributed by atoms with van der Waals surface area (Å²) in [4.78, 5) is 9.21. The van der Waals surface area contributed by atoms with Crippen LogP contribution in [0.3, 0.4) is 0 Å². The number of ether oxygens (including phenoxy) is 2. The summed E-state index contributed by atoms with van der Waals surface area (Å²) in [5.74, 6) is 0.602. The number of nitrogens with one attached hydrogen (secondary N) is 1. The molecule has 140 valence electrons. The summed E-state index contributed by atoms with van der Waals surface area (Å²) < 4.78 is 10.9. The third kappa shape index (κ3) is 4.46. The molecule has 0 spiro atoms. The van der Waals surface area contributed by atoms with Gasteiger partial charge in [0.2, 0.25) is 5.88 Å². The summed E-state index contributed by atoms with van der Waals surface area (Å²) in [6.45, 7) is 2.44. The number of hydrogen-bond acceptors (Lipinski definition) is 6. The molecule has 1 atom stereocenters. The monoisotopic (exact) mass is 381 g/mol. The van der Waals surface area contributed by atoms with Gasteiger partial charge in [0.05, 0.1) is 11.8 Å². The van der Waals surface area contributed by atoms with E-state index in [1.165, 1.54) is 12.8 Å². The summed E-state index contributed by atoms with van der Waals surface area (Å²) in [7, 11) is 1.67. The SMILES string of the molecule is COC(C)COc1ccc(-c2ccccc2-c2csc(NC3CC3)n2)cn1. The van der Waals surface area contributed by atoms with Crippen LogP contribution >= 0.6 is 11.3 Å². The highest BCUT2D eigenvalue weighted by Gasteiger charge is 2.22. The van der Waals surface area contributed by atoms with Crippen LogP contribution in [0, 0.1) is 0 Å². The fourth-order valence-corrected chi connectivity index (χ4v) is 3.51. The highest BCUT2D eigenvalue weighted by molar-refractivity contribution is 7.14. The first-order chi connectivity index (χ1) is 13.2. The molecule has 27 heavy (non-hydrogen) atoms. The Morgan fingerprint density at radius 3 is 2.70 bits per heavy atom. The van der Waals surface area contributed by atoms with Gasteiger partial charge in [0.15, 0.2) is 5.13 Å². The molecule has 3 aromatic rings. The highest BCUT2D eigenvalue weighted by Crippen LogP contribution is 2.35. The second-order valence-corrected chi connectivity index (χ2v) is 7.60. The molecule has 0 bridgehead atoms. The maximum Gasteiger partial charge on any atom is 0.213 e. The largest absolute Gasteiger partial charge is 0.475 e. The van der Waals surface area contributed by atoms with Crippen LogP contribution in [0.4, 0.5) is 5.13 Å². The van der Waals surface area contributed by atoms with Crippen LogP contribution in [0.5, 0.6) is 5.88 Å². The predicted octanol–water partition coefficient (Wildman–Crippen LogP) is 4.86. The molecule has 1 fully saturated rings. The number of nitrogens with zero attached hydrogens (tertiary/aromatic N) is 2. The maximum absolute atomic E-state index is 5.66. The Hall–Kier alpha value is -2.44. The molecular formula is C21H23N3O2S. The Morgan fingerprint density at radius 1 is 1.19 bits per heavy atom. The van der Waals surface area contributed by atoms with Crippen molar-refractivity contribution in [3.05, 3.63) is 48.0 Å². The second kappa shape index (κ2) is 8.06. The smallest absolute Gasteiger partial charge is 0.213 e. The number of methoxy groups -OCH3 is 1. The van der Waals surface area contributed by atoms with E-state index in [9.17, 15) is 0 Å². The number of anilines is 1. The third-order valence-corrected chi connectivity index (χ3v) is 5.30. The van der Waals surface area contributed by atoms with Gasteiger partial charge in [0, 0.05) is 41.9 Å². The Kier molecular flexibility index (Phi) is 5.36. The van der Waals surface area contributed by atoms with Crippen LogP contribution in [0.25, 0.3) is 22.4 Å². The first-order valence-electron chi connectivity index (χ1n) is 9.16. The van der Waals surface area contributed by atoms with Gasteiger partial charge in [0.1, 0.15) is 6.61 Å². The first-order valence-corrected chi connectivity index (χ1v) is 10.0. The molecule has 1 saturated carbocycles. The van der Waals surface area contributed by atoms with Gasteiger partial charge >= 0.3 is 0 Å². The molecule has 0 radical (unpaired) electrons. The molecule has 0 amide bonds. The number of hydrogen-bond donors (Lipinski definition) is 1. The van der Waals surface area contributed by atoms with E-state index in [1.807, 2.05) is 37.4 Å². The van der Waals surface area contributed by atoms with E-state index in [1.54, 1.807) is 18.4 Å². The molecule has 4 rings (SSSR count). The molecule has 1 aromatic carbocycles. The zero-order valence-corrected chi connectivity index (χ0v) is 16.3. The van der Waals surface area contributed by atoms with E-state index in [0.29, 0.717) is 18.5 Å². The maximum atomic E-state index is 5.66. The molecule has 2 heterocycles. The van der Waals surface area contributed by atoms with Crippen molar-refractivity contribution in [2.24, 2.45) is 0 Å². The molecule has 2 aromatic heterocycles. The van der Waals surface area contributed by atoms with E-state index in [0.717, 1.165) is 27.5 Å². The molecule has 1 aliphatic carbocycles. The first kappa shape index (κ1) is 17.9. The van der Waals surface area contributed by atoms with Gasteiger partial charge in [-0.3, -0.25) is 0 Å². The van der Waals surface area contributed by atoms with Crippen LogP contribution in [0.15, 0.2) is 48.0 Å². The highest BCUT2D eigenvalue weighted by atomic mass is 32.1. The number of benzene rings is 1. The molecule has 1 unspecified atom stereocenters. The Morgan fingerprint density at radius 2 is 2.00 bits per heavy atom. The van der Waals surface area contributed by atoms with Gasteiger partial charge in [-0.15, -0.1) is 11.3 Å². The normalized spacial score (nSPS) is 14.7. The van der Waals surface area contributed by atoms with Crippen LogP contribution in [-0.4, -0.2) is 35.8 Å². The van der Waals surface area contributed by atoms with E-state index >= 15 is 0 Å². The fourth-order valence-electron chi connectivity index (χ4n) is 2.72. The average molecular weight is 382 g/mol. The van der Waals surface area contributed by atoms with Crippen molar-refractivity contribution in [3.63, 3.8) is 0 Å². The predicted molar refractivity (Wildman–Crippen MR) is 109 cm³/mol. The third-order valence-electron chi connectivity index (χ3n) is 4.53. The second-order valence-electron chi connectivity index (χ2n) is 6.74. The summed E-state index contributed by atoms with van der Waals surface area (Å²) in [5, 5.41) is 6.58. The topological polar surface area (TPSA) is 56.3 Å². The van der Waals surface area contributed by atoms with E-state index < -0.39 is 0 Å². The van der Waals surface area contributed by atoms with Gasteiger partial charge in [-0.25, -0.2) is 9.97 Å². The van der Waals surface area contributed by atoms with Crippen molar-refractivity contribution < 1.29 is 9.47 Å². The van der Waals surface area contributed by atoms with Crippen LogP contribution < -0.4 is 10.1 Å². The molecule has 1 N–H and O–H groups in total. The Bertz CT molecular complexity index is 890. The van der Waals surface area contributed by atoms with Crippen LogP contribution in [0.2, 0.25) is 0 Å². The van der Waals surface area contributed by atoms with Gasteiger partial charge in [-0.1, -0.05) is 24.3 Å². The van der Waals surface area contributed by atoms with Gasteiger partial charge in [-0.2, -0.15) is 0 Å². The minimum atomic E-state index is 0.0373. The van der Waals surface area contributed by atoms with E-state index in [-0.39, 0.29) is 6.10 Å². The quantitative estimate of drug-likeness (QED) is 0.604. The standard InChI is InChI=1S/C21H23N3O2S/c1-14(25-2)12-26-20-10-7-15(11-22-20)17-5-3-4-6-18(17)19-13-27-21(24-19)23-16-8-9-16/h3-7,10-11,13-14,16H,8-9,12H2,1-2H3,(H,23,24). The summed E-state index contributed by atoms with van der Waals surface area (Å²) >= 11 is 1.66. The van der Waals surface area contributed by atoms with E-state index in [4.69, 9.17) is 14.5 Å². The molecular weight excluding hydrogens is 358 g/mol. The molecule has 0 saturated heterocycles. The lowest BCUT2D eigenvalue weighted by Gasteiger charge is -2.11. The van der Waals surface area contributed by atoms with Gasteiger partial charge < -0.3 is 14.8 Å². The van der Waals surface area contributed by atoms with Crippen molar-refractivity contribution in [2.45, 2.75) is 31.9 Å². The minimum Gasteiger partial charge on any atom is -0.475 e. The van der Waals surface area contributed by atoms with Crippen molar-refractivity contribution in [2.75, 3.05) is 19.0 Å². The summed E-state index contributed by atoms with van der Waals surface area (Å²) in [5.41, 5.74) is 4.27. The number of thiazole rings is 1. The van der Waals surface area contributed by atoms with Crippen LogP contribution in [-0.2, 0) is 4.74 Å². The lowest BCUT2D eigenvalue weighted by Crippen LogP contribution is -2.16. The number of aromatic nitrogens is 2. The number of rotatable bonds is 8. The zero-order valence-electron chi connectivity index (χ0n) is 15.5. The van der Waals surface area contributed by atoms with Crippen LogP contribution in [0.1, 0.15) is 19.8 Å². The molecule has 0 aliphatic heterocycles. The lowest BCUT2D eigenvalue weighted by molar-refractivity contribution is 0.0699. The summed E-state index contributed by atoms with van der Waals surface area (Å²) in [6, 6.07) is 12.8. The lowest BCUT2D eigenvalue weighted by atomic mass is 9.99. The van der Waals surface area contributed by atoms with Gasteiger partial charge in [0.25, 0.3) is 0 Å². The molecule has 5 nitrogen and oxygen atoms in total. The Balaban J connectivity index is 1.54. The average Bonchev–Trinajstić information content (AvgIpc) is 3.41. The molecule has 1 aliphatic rings. The Labute approximate surface area is 163 Å². The van der Waals surface area contributed by atoms with Crippen molar-refractivity contribution >= 4 is 16.5 Å². The van der Waals surface area contributed by atoms with Crippen molar-refractivity contribution in [1.82, 2.24) is 9.97 Å². The zero-order chi connectivity index (χ0) is 18.6. The van der Waals surface area contributed by atoms with E-state index in [2.05, 4.69) is 27.8 Å². The number of pyridine rings is 1.